The first-order chi connectivity index (χ1) is 5.55. The zero-order chi connectivity index (χ0) is 10.9. The summed E-state index contributed by atoms with van der Waals surface area (Å²) < 4.78 is 35.8. The van der Waals surface area contributed by atoms with Crippen LogP contribution in [0.25, 0.3) is 0 Å². The molecule has 5 heteroatoms. The van der Waals surface area contributed by atoms with Gasteiger partial charge in [-0.2, -0.15) is 13.2 Å². The van der Waals surface area contributed by atoms with Crippen LogP contribution in [0, 0.1) is 5.41 Å². The van der Waals surface area contributed by atoms with Gasteiger partial charge in [0.1, 0.15) is 11.8 Å². The van der Waals surface area contributed by atoms with Crippen LogP contribution in [0.5, 0.6) is 0 Å². The monoisotopic (exact) mass is 197 g/mol. The first-order valence-corrected chi connectivity index (χ1v) is 3.90. The smallest absolute Gasteiger partial charge is 0.320 e. The molecule has 0 aromatic carbocycles. The van der Waals surface area contributed by atoms with Crippen molar-refractivity contribution in [3.63, 3.8) is 0 Å². The van der Waals surface area contributed by atoms with Gasteiger partial charge in [0.25, 0.3) is 0 Å². The Morgan fingerprint density at radius 2 is 1.69 bits per heavy atom. The van der Waals surface area contributed by atoms with E-state index in [9.17, 15) is 18.0 Å². The van der Waals surface area contributed by atoms with Crippen molar-refractivity contribution < 1.29 is 18.0 Å². The van der Waals surface area contributed by atoms with E-state index in [1.165, 1.54) is 0 Å². The molecule has 0 fully saturated rings. The highest BCUT2D eigenvalue weighted by molar-refractivity contribution is 5.84. The van der Waals surface area contributed by atoms with Crippen molar-refractivity contribution >= 4 is 5.78 Å². The predicted octanol–water partition coefficient (Wildman–Crippen LogP) is 1.88. The van der Waals surface area contributed by atoms with Gasteiger partial charge < -0.3 is 5.73 Å². The van der Waals surface area contributed by atoms with E-state index in [0.717, 1.165) is 0 Å². The van der Waals surface area contributed by atoms with Crippen LogP contribution in [-0.4, -0.2) is 18.0 Å². The summed E-state index contributed by atoms with van der Waals surface area (Å²) in [6, 6.07) is -2.04. The Morgan fingerprint density at radius 3 is 1.92 bits per heavy atom. The number of carbonyl (C=O) groups is 1. The van der Waals surface area contributed by atoms with E-state index in [-0.39, 0.29) is 0 Å². The molecule has 0 aliphatic rings. The average molecular weight is 197 g/mol. The van der Waals surface area contributed by atoms with E-state index in [1.807, 2.05) is 0 Å². The first-order valence-electron chi connectivity index (χ1n) is 3.90. The molecular formula is C8H14F3NO. The second-order valence-corrected chi connectivity index (χ2v) is 4.03. The molecule has 78 valence electrons. The molecule has 0 aromatic heterocycles. The molecule has 0 amide bonds. The molecule has 0 aliphatic heterocycles. The summed E-state index contributed by atoms with van der Waals surface area (Å²) in [5.41, 5.74) is 4.04. The summed E-state index contributed by atoms with van der Waals surface area (Å²) in [7, 11) is 0. The van der Waals surface area contributed by atoms with E-state index in [1.54, 1.807) is 20.8 Å². The van der Waals surface area contributed by atoms with Gasteiger partial charge in [-0.25, -0.2) is 0 Å². The minimum Gasteiger partial charge on any atom is -0.320 e. The Labute approximate surface area is 75.3 Å². The summed E-state index contributed by atoms with van der Waals surface area (Å²) in [6.45, 7) is 4.70. The van der Waals surface area contributed by atoms with Gasteiger partial charge in [0.15, 0.2) is 0 Å². The number of alkyl halides is 3. The standard InChI is InChI=1S/C8H14F3NO/c1-7(2,3)6(13)4-5(12)8(9,10)11/h5H,4,12H2,1-3H3. The SMILES string of the molecule is CC(C)(C)C(=O)CC(N)C(F)(F)F. The highest BCUT2D eigenvalue weighted by atomic mass is 19.4. The maximum absolute atomic E-state index is 11.9. The third-order valence-electron chi connectivity index (χ3n) is 1.66. The van der Waals surface area contributed by atoms with Gasteiger partial charge >= 0.3 is 6.18 Å². The Hall–Kier alpha value is -0.580. The van der Waals surface area contributed by atoms with Gasteiger partial charge in [0, 0.05) is 11.8 Å². The highest BCUT2D eigenvalue weighted by Crippen LogP contribution is 2.24. The predicted molar refractivity (Wildman–Crippen MR) is 43.1 cm³/mol. The van der Waals surface area contributed by atoms with Crippen molar-refractivity contribution in [2.75, 3.05) is 0 Å². The first kappa shape index (κ1) is 12.4. The fourth-order valence-corrected chi connectivity index (χ4v) is 0.622. The summed E-state index contributed by atoms with van der Waals surface area (Å²) in [5.74, 6) is -0.475. The van der Waals surface area contributed by atoms with Gasteiger partial charge in [-0.3, -0.25) is 4.79 Å². The molecule has 0 radical (unpaired) electrons. The number of ketones is 1. The molecule has 1 atom stereocenters. The molecular weight excluding hydrogens is 183 g/mol. The normalized spacial score (nSPS) is 15.6. The number of halogens is 3. The lowest BCUT2D eigenvalue weighted by molar-refractivity contribution is -0.156. The van der Waals surface area contributed by atoms with Crippen molar-refractivity contribution in [3.05, 3.63) is 0 Å². The molecule has 1 unspecified atom stereocenters. The van der Waals surface area contributed by atoms with E-state index < -0.39 is 29.8 Å². The molecule has 0 saturated carbocycles. The Morgan fingerprint density at radius 1 is 1.31 bits per heavy atom. The second kappa shape index (κ2) is 3.65. The number of carbonyl (C=O) groups excluding carboxylic acids is 1. The van der Waals surface area contributed by atoms with Crippen LogP contribution in [0.15, 0.2) is 0 Å². The summed E-state index contributed by atoms with van der Waals surface area (Å²) in [6.07, 6.45) is -5.13. The van der Waals surface area contributed by atoms with Crippen molar-refractivity contribution in [3.8, 4) is 0 Å². The lowest BCUT2D eigenvalue weighted by Crippen LogP contribution is -2.41. The van der Waals surface area contributed by atoms with Gasteiger partial charge in [0.05, 0.1) is 0 Å². The lowest BCUT2D eigenvalue weighted by Gasteiger charge is -2.20. The van der Waals surface area contributed by atoms with Crippen molar-refractivity contribution in [2.45, 2.75) is 39.4 Å². The minimum absolute atomic E-state index is 0.475. The van der Waals surface area contributed by atoms with Crippen LogP contribution in [0.4, 0.5) is 13.2 Å². The van der Waals surface area contributed by atoms with Crippen molar-refractivity contribution in [1.82, 2.24) is 0 Å². The minimum atomic E-state index is -4.49. The Balaban J connectivity index is 4.24. The summed E-state index contributed by atoms with van der Waals surface area (Å²) in [4.78, 5) is 11.1. The zero-order valence-electron chi connectivity index (χ0n) is 7.90. The van der Waals surface area contributed by atoms with Crippen molar-refractivity contribution in [2.24, 2.45) is 11.1 Å². The number of hydrogen-bond donors (Lipinski definition) is 1. The van der Waals surface area contributed by atoms with E-state index in [0.29, 0.717) is 0 Å². The molecule has 13 heavy (non-hydrogen) atoms. The third-order valence-corrected chi connectivity index (χ3v) is 1.66. The average Bonchev–Trinajstić information content (AvgIpc) is 1.82. The summed E-state index contributed by atoms with van der Waals surface area (Å²) >= 11 is 0. The van der Waals surface area contributed by atoms with E-state index in [4.69, 9.17) is 5.73 Å². The lowest BCUT2D eigenvalue weighted by atomic mass is 9.87. The maximum Gasteiger partial charge on any atom is 0.404 e. The third kappa shape index (κ3) is 4.26. The molecule has 0 spiro atoms. The molecule has 0 heterocycles. The van der Waals surface area contributed by atoms with Crippen LogP contribution < -0.4 is 5.73 Å². The molecule has 0 aromatic rings. The van der Waals surface area contributed by atoms with Gasteiger partial charge in [-0.1, -0.05) is 20.8 Å². The van der Waals surface area contributed by atoms with Gasteiger partial charge in [0.2, 0.25) is 0 Å². The Kier molecular flexibility index (Phi) is 3.49. The number of nitrogens with two attached hydrogens (primary N) is 1. The van der Waals surface area contributed by atoms with Crippen molar-refractivity contribution in [1.29, 1.82) is 0 Å². The number of rotatable bonds is 2. The number of hydrogen-bond acceptors (Lipinski definition) is 2. The van der Waals surface area contributed by atoms with Gasteiger partial charge in [-0.05, 0) is 0 Å². The highest BCUT2D eigenvalue weighted by Gasteiger charge is 2.39. The molecule has 0 bridgehead atoms. The van der Waals surface area contributed by atoms with Crippen LogP contribution in [0.2, 0.25) is 0 Å². The molecule has 0 saturated heterocycles. The van der Waals surface area contributed by atoms with Crippen LogP contribution >= 0.6 is 0 Å². The van der Waals surface area contributed by atoms with Crippen LogP contribution in [-0.2, 0) is 4.79 Å². The fraction of sp³-hybridized carbons (Fsp3) is 0.875. The second-order valence-electron chi connectivity index (χ2n) is 4.03. The molecule has 2 nitrogen and oxygen atoms in total. The van der Waals surface area contributed by atoms with E-state index in [2.05, 4.69) is 0 Å². The maximum atomic E-state index is 11.9. The largest absolute Gasteiger partial charge is 0.404 e. The topological polar surface area (TPSA) is 43.1 Å². The van der Waals surface area contributed by atoms with Gasteiger partial charge in [-0.15, -0.1) is 0 Å². The van der Waals surface area contributed by atoms with E-state index >= 15 is 0 Å². The molecule has 2 N–H and O–H groups in total. The zero-order valence-corrected chi connectivity index (χ0v) is 7.90. The molecule has 0 rings (SSSR count). The van der Waals surface area contributed by atoms with Crippen LogP contribution in [0.1, 0.15) is 27.2 Å². The van der Waals surface area contributed by atoms with Crippen LogP contribution in [0.3, 0.4) is 0 Å². The molecule has 0 aliphatic carbocycles. The Bertz CT molecular complexity index is 193. The fourth-order valence-electron chi connectivity index (χ4n) is 0.622. The quantitative estimate of drug-likeness (QED) is 0.734. The summed E-state index contributed by atoms with van der Waals surface area (Å²) in [5, 5.41) is 0. The number of Topliss-reactive ketones (excluding diaryl/α,β-unsaturated/α-hetero) is 1.